The fraction of sp³-hybridized carbons (Fsp3) is 0.571. The van der Waals surface area contributed by atoms with Gasteiger partial charge in [0.15, 0.2) is 0 Å². The number of fused-ring (bicyclic) bond motifs is 1. The minimum Gasteiger partial charge on any atom is -0.383 e. The van der Waals surface area contributed by atoms with Crippen molar-refractivity contribution in [3.8, 4) is 0 Å². The molecule has 5 heteroatoms. The molecule has 0 saturated carbocycles. The van der Waals surface area contributed by atoms with Crippen molar-refractivity contribution >= 4 is 27.4 Å². The number of rotatable bonds is 2. The summed E-state index contributed by atoms with van der Waals surface area (Å²) in [6.07, 6.45) is 4.54. The van der Waals surface area contributed by atoms with E-state index < -0.39 is 0 Å². The van der Waals surface area contributed by atoms with E-state index in [9.17, 15) is 0 Å². The Labute approximate surface area is 117 Å². The van der Waals surface area contributed by atoms with Gasteiger partial charge < -0.3 is 10.5 Å². The van der Waals surface area contributed by atoms with E-state index in [0.717, 1.165) is 35.5 Å². The zero-order valence-electron chi connectivity index (χ0n) is 11.4. The first-order valence-electron chi connectivity index (χ1n) is 6.79. The van der Waals surface area contributed by atoms with E-state index >= 15 is 0 Å². The number of hydrogen-bond acceptors (Lipinski definition) is 5. The van der Waals surface area contributed by atoms with Gasteiger partial charge >= 0.3 is 0 Å². The molecule has 1 aliphatic rings. The molecule has 2 aromatic rings. The predicted molar refractivity (Wildman–Crippen MR) is 78.6 cm³/mol. The minimum absolute atomic E-state index is 0.257. The highest BCUT2D eigenvalue weighted by Crippen LogP contribution is 2.32. The van der Waals surface area contributed by atoms with Crippen LogP contribution in [0.2, 0.25) is 0 Å². The SMILES string of the molecule is Cc1sc2nc(CC3CCCCO3)nc(N)c2c1C. The molecule has 3 heterocycles. The van der Waals surface area contributed by atoms with Crippen molar-refractivity contribution < 1.29 is 4.74 Å². The molecule has 3 rings (SSSR count). The lowest BCUT2D eigenvalue weighted by molar-refractivity contribution is 0.0157. The molecule has 102 valence electrons. The number of hydrogen-bond donors (Lipinski definition) is 1. The van der Waals surface area contributed by atoms with Gasteiger partial charge in [-0.15, -0.1) is 11.3 Å². The number of aromatic nitrogens is 2. The summed E-state index contributed by atoms with van der Waals surface area (Å²) in [6, 6.07) is 0. The van der Waals surface area contributed by atoms with Gasteiger partial charge in [0.1, 0.15) is 16.5 Å². The van der Waals surface area contributed by atoms with Gasteiger partial charge in [0.05, 0.1) is 11.5 Å². The molecule has 0 aliphatic carbocycles. The number of nitrogen functional groups attached to an aromatic ring is 1. The summed E-state index contributed by atoms with van der Waals surface area (Å²) >= 11 is 1.70. The lowest BCUT2D eigenvalue weighted by atomic mass is 10.1. The predicted octanol–water partition coefficient (Wildman–Crippen LogP) is 3.00. The monoisotopic (exact) mass is 277 g/mol. The first kappa shape index (κ1) is 12.8. The average Bonchev–Trinajstić information content (AvgIpc) is 2.66. The van der Waals surface area contributed by atoms with E-state index in [-0.39, 0.29) is 6.10 Å². The van der Waals surface area contributed by atoms with E-state index in [1.165, 1.54) is 23.3 Å². The molecule has 0 aromatic carbocycles. The molecule has 0 radical (unpaired) electrons. The minimum atomic E-state index is 0.257. The van der Waals surface area contributed by atoms with Crippen molar-refractivity contribution in [2.75, 3.05) is 12.3 Å². The Bertz CT molecular complexity index is 602. The van der Waals surface area contributed by atoms with Crippen LogP contribution in [-0.4, -0.2) is 22.7 Å². The Morgan fingerprint density at radius 1 is 1.32 bits per heavy atom. The summed E-state index contributed by atoms with van der Waals surface area (Å²) in [4.78, 5) is 11.4. The van der Waals surface area contributed by atoms with E-state index in [0.29, 0.717) is 5.82 Å². The quantitative estimate of drug-likeness (QED) is 0.916. The molecule has 19 heavy (non-hydrogen) atoms. The summed E-state index contributed by atoms with van der Waals surface area (Å²) in [5.74, 6) is 1.43. The van der Waals surface area contributed by atoms with Crippen molar-refractivity contribution in [3.05, 3.63) is 16.3 Å². The molecule has 1 fully saturated rings. The Kier molecular flexibility index (Phi) is 3.41. The highest BCUT2D eigenvalue weighted by molar-refractivity contribution is 7.18. The zero-order chi connectivity index (χ0) is 13.4. The molecule has 2 N–H and O–H groups in total. The van der Waals surface area contributed by atoms with E-state index in [1.807, 2.05) is 0 Å². The third-order valence-electron chi connectivity index (χ3n) is 3.79. The van der Waals surface area contributed by atoms with Crippen LogP contribution in [-0.2, 0) is 11.2 Å². The molecule has 1 unspecified atom stereocenters. The van der Waals surface area contributed by atoms with Crippen molar-refractivity contribution in [3.63, 3.8) is 0 Å². The van der Waals surface area contributed by atoms with Crippen LogP contribution in [0.4, 0.5) is 5.82 Å². The second-order valence-corrected chi connectivity index (χ2v) is 6.38. The molecule has 0 spiro atoms. The van der Waals surface area contributed by atoms with Gasteiger partial charge in [-0.25, -0.2) is 9.97 Å². The van der Waals surface area contributed by atoms with Crippen LogP contribution in [0.3, 0.4) is 0 Å². The lowest BCUT2D eigenvalue weighted by Gasteiger charge is -2.21. The number of anilines is 1. The highest BCUT2D eigenvalue weighted by atomic mass is 32.1. The number of nitrogens with two attached hydrogens (primary N) is 1. The van der Waals surface area contributed by atoms with Gasteiger partial charge in [0.25, 0.3) is 0 Å². The molecule has 1 aliphatic heterocycles. The number of thiophene rings is 1. The molecular weight excluding hydrogens is 258 g/mol. The van der Waals surface area contributed by atoms with Gasteiger partial charge in [-0.1, -0.05) is 0 Å². The largest absolute Gasteiger partial charge is 0.383 e. The van der Waals surface area contributed by atoms with Crippen LogP contribution in [0, 0.1) is 13.8 Å². The van der Waals surface area contributed by atoms with Gasteiger partial charge in [-0.2, -0.15) is 0 Å². The maximum Gasteiger partial charge on any atom is 0.136 e. The van der Waals surface area contributed by atoms with Gasteiger partial charge in [0, 0.05) is 17.9 Å². The topological polar surface area (TPSA) is 61.0 Å². The second-order valence-electron chi connectivity index (χ2n) is 5.18. The Morgan fingerprint density at radius 3 is 2.89 bits per heavy atom. The fourth-order valence-corrected chi connectivity index (χ4v) is 3.65. The maximum absolute atomic E-state index is 6.09. The van der Waals surface area contributed by atoms with Crippen molar-refractivity contribution in [2.24, 2.45) is 0 Å². The van der Waals surface area contributed by atoms with Gasteiger partial charge in [-0.05, 0) is 38.7 Å². The first-order valence-corrected chi connectivity index (χ1v) is 7.60. The third-order valence-corrected chi connectivity index (χ3v) is 4.89. The molecule has 2 aromatic heterocycles. The third kappa shape index (κ3) is 2.44. The average molecular weight is 277 g/mol. The zero-order valence-corrected chi connectivity index (χ0v) is 12.2. The van der Waals surface area contributed by atoms with Crippen LogP contribution in [0.1, 0.15) is 35.5 Å². The molecule has 1 saturated heterocycles. The summed E-state index contributed by atoms with van der Waals surface area (Å²) in [5.41, 5.74) is 7.30. The lowest BCUT2D eigenvalue weighted by Crippen LogP contribution is -2.22. The smallest absolute Gasteiger partial charge is 0.136 e. The van der Waals surface area contributed by atoms with Crippen LogP contribution in [0.15, 0.2) is 0 Å². The maximum atomic E-state index is 6.09. The number of nitrogens with zero attached hydrogens (tertiary/aromatic N) is 2. The summed E-state index contributed by atoms with van der Waals surface area (Å²) in [6.45, 7) is 5.04. The summed E-state index contributed by atoms with van der Waals surface area (Å²) < 4.78 is 5.75. The van der Waals surface area contributed by atoms with E-state index in [4.69, 9.17) is 10.5 Å². The molecular formula is C14H19N3OS. The molecule has 0 bridgehead atoms. The molecule has 4 nitrogen and oxygen atoms in total. The molecule has 1 atom stereocenters. The standard InChI is InChI=1S/C14H19N3OS/c1-8-9(2)19-14-12(8)13(15)16-11(17-14)7-10-5-3-4-6-18-10/h10H,3-7H2,1-2H3,(H2,15,16,17). The summed E-state index contributed by atoms with van der Waals surface area (Å²) in [5, 5.41) is 1.02. The Hall–Kier alpha value is -1.20. The first-order chi connectivity index (χ1) is 9.15. The van der Waals surface area contributed by atoms with E-state index in [2.05, 4.69) is 23.8 Å². The van der Waals surface area contributed by atoms with Crippen LogP contribution in [0.5, 0.6) is 0 Å². The number of aryl methyl sites for hydroxylation is 2. The summed E-state index contributed by atoms with van der Waals surface area (Å²) in [7, 11) is 0. The Balaban J connectivity index is 1.92. The van der Waals surface area contributed by atoms with Gasteiger partial charge in [-0.3, -0.25) is 0 Å². The highest BCUT2D eigenvalue weighted by Gasteiger charge is 2.18. The molecule has 0 amide bonds. The van der Waals surface area contributed by atoms with Crippen LogP contribution < -0.4 is 5.73 Å². The number of ether oxygens (including phenoxy) is 1. The normalized spacial score (nSPS) is 20.0. The van der Waals surface area contributed by atoms with Gasteiger partial charge in [0.2, 0.25) is 0 Å². The second kappa shape index (κ2) is 5.06. The van der Waals surface area contributed by atoms with E-state index in [1.54, 1.807) is 11.3 Å². The van der Waals surface area contributed by atoms with Crippen LogP contribution in [0.25, 0.3) is 10.2 Å². The van der Waals surface area contributed by atoms with Crippen molar-refractivity contribution in [2.45, 2.75) is 45.6 Å². The fourth-order valence-electron chi connectivity index (χ4n) is 2.59. The van der Waals surface area contributed by atoms with Crippen molar-refractivity contribution in [1.29, 1.82) is 0 Å². The Morgan fingerprint density at radius 2 is 2.16 bits per heavy atom. The van der Waals surface area contributed by atoms with Crippen molar-refractivity contribution in [1.82, 2.24) is 9.97 Å². The van der Waals surface area contributed by atoms with Crippen LogP contribution >= 0.6 is 11.3 Å².